The van der Waals surface area contributed by atoms with Gasteiger partial charge in [0, 0.05) is 24.5 Å². The van der Waals surface area contributed by atoms with Gasteiger partial charge in [0.15, 0.2) is 0 Å². The molecule has 3 nitrogen and oxygen atoms in total. The predicted molar refractivity (Wildman–Crippen MR) is 64.1 cm³/mol. The lowest BCUT2D eigenvalue weighted by atomic mass is 9.91. The van der Waals surface area contributed by atoms with E-state index in [1.165, 1.54) is 12.1 Å². The molecule has 0 saturated carbocycles. The molecule has 1 aromatic rings. The van der Waals surface area contributed by atoms with Crippen LogP contribution in [0.3, 0.4) is 0 Å². The molecule has 5 heteroatoms. The van der Waals surface area contributed by atoms with Crippen LogP contribution >= 0.6 is 11.6 Å². The Morgan fingerprint density at radius 2 is 2.18 bits per heavy atom. The largest absolute Gasteiger partial charge is 0.337 e. The van der Waals surface area contributed by atoms with Crippen LogP contribution in [-0.4, -0.2) is 23.9 Å². The number of piperidine rings is 1. The van der Waals surface area contributed by atoms with Crippen LogP contribution in [0, 0.1) is 5.82 Å². The summed E-state index contributed by atoms with van der Waals surface area (Å²) >= 11 is 5.82. The van der Waals surface area contributed by atoms with E-state index in [-0.39, 0.29) is 18.0 Å². The van der Waals surface area contributed by atoms with E-state index in [1.54, 1.807) is 18.0 Å². The van der Waals surface area contributed by atoms with Crippen molar-refractivity contribution < 1.29 is 9.18 Å². The van der Waals surface area contributed by atoms with E-state index in [1.807, 2.05) is 0 Å². The number of nitrogens with zero attached hydrogens (tertiary/aromatic N) is 1. The van der Waals surface area contributed by atoms with E-state index in [4.69, 9.17) is 17.3 Å². The highest BCUT2D eigenvalue weighted by atomic mass is 35.5. The van der Waals surface area contributed by atoms with E-state index in [0.717, 1.165) is 0 Å². The highest BCUT2D eigenvalue weighted by Crippen LogP contribution is 2.31. The average Bonchev–Trinajstić information content (AvgIpc) is 2.23. The zero-order valence-corrected chi connectivity index (χ0v) is 10.2. The van der Waals surface area contributed by atoms with Gasteiger partial charge in [-0.2, -0.15) is 0 Å². The van der Waals surface area contributed by atoms with Gasteiger partial charge in [0.05, 0.1) is 6.04 Å². The summed E-state index contributed by atoms with van der Waals surface area (Å²) in [4.78, 5) is 13.2. The second kappa shape index (κ2) is 4.63. The maximum absolute atomic E-state index is 13.3. The number of carbonyl (C=O) groups excluding carboxylic acids is 1. The zero-order valence-electron chi connectivity index (χ0n) is 9.49. The fraction of sp³-hybridized carbons (Fsp3) is 0.417. The van der Waals surface area contributed by atoms with Gasteiger partial charge < -0.3 is 10.6 Å². The Morgan fingerprint density at radius 3 is 2.82 bits per heavy atom. The highest BCUT2D eigenvalue weighted by molar-refractivity contribution is 6.30. The number of likely N-dealkylation sites (N-methyl/N-ethyl adjacent to an activating group) is 1. The van der Waals surface area contributed by atoms with Gasteiger partial charge >= 0.3 is 0 Å². The number of halogens is 2. The minimum atomic E-state index is -0.411. The van der Waals surface area contributed by atoms with Crippen molar-refractivity contribution >= 4 is 17.5 Å². The second-order valence-electron chi connectivity index (χ2n) is 4.35. The van der Waals surface area contributed by atoms with Crippen molar-refractivity contribution in [2.45, 2.75) is 24.9 Å². The molecule has 0 aliphatic carbocycles. The number of rotatable bonds is 1. The molecule has 17 heavy (non-hydrogen) atoms. The summed E-state index contributed by atoms with van der Waals surface area (Å²) in [5.41, 5.74) is 6.66. The van der Waals surface area contributed by atoms with Crippen LogP contribution < -0.4 is 5.73 Å². The van der Waals surface area contributed by atoms with Gasteiger partial charge in [-0.15, -0.1) is 0 Å². The number of hydrogen-bond acceptors (Lipinski definition) is 2. The molecule has 2 rings (SSSR count). The molecule has 2 atom stereocenters. The minimum absolute atomic E-state index is 0.0251. The van der Waals surface area contributed by atoms with Crippen molar-refractivity contribution in [1.29, 1.82) is 0 Å². The molecule has 0 spiro atoms. The van der Waals surface area contributed by atoms with Crippen molar-refractivity contribution in [3.8, 4) is 0 Å². The van der Waals surface area contributed by atoms with Crippen molar-refractivity contribution in [2.75, 3.05) is 7.05 Å². The molecule has 92 valence electrons. The fourth-order valence-electron chi connectivity index (χ4n) is 2.28. The Labute approximate surface area is 104 Å². The lowest BCUT2D eigenvalue weighted by molar-refractivity contribution is -0.135. The highest BCUT2D eigenvalue weighted by Gasteiger charge is 2.32. The molecule has 1 amide bonds. The molecule has 1 aliphatic rings. The van der Waals surface area contributed by atoms with Gasteiger partial charge in [0.2, 0.25) is 5.91 Å². The zero-order chi connectivity index (χ0) is 12.6. The first-order chi connectivity index (χ1) is 7.99. The standard InChI is InChI=1S/C12H14ClFN2O/c1-16-11(17)3-2-10(15)12(16)7-4-8(13)6-9(14)5-7/h4-6,10,12H,2-3,15H2,1H3. The van der Waals surface area contributed by atoms with Gasteiger partial charge in [-0.05, 0) is 30.2 Å². The van der Waals surface area contributed by atoms with Crippen LogP contribution in [0.15, 0.2) is 18.2 Å². The molecule has 2 N–H and O–H groups in total. The fourth-order valence-corrected chi connectivity index (χ4v) is 2.51. The van der Waals surface area contributed by atoms with Gasteiger partial charge in [-0.3, -0.25) is 4.79 Å². The molecular weight excluding hydrogens is 243 g/mol. The van der Waals surface area contributed by atoms with Crippen molar-refractivity contribution in [3.63, 3.8) is 0 Å². The SMILES string of the molecule is CN1C(=O)CCC(N)C1c1cc(F)cc(Cl)c1. The third-order valence-electron chi connectivity index (χ3n) is 3.13. The van der Waals surface area contributed by atoms with E-state index in [9.17, 15) is 9.18 Å². The van der Waals surface area contributed by atoms with Crippen molar-refractivity contribution in [3.05, 3.63) is 34.6 Å². The van der Waals surface area contributed by atoms with Crippen molar-refractivity contribution in [1.82, 2.24) is 4.90 Å². The smallest absolute Gasteiger partial charge is 0.222 e. The van der Waals surface area contributed by atoms with Gasteiger partial charge in [0.1, 0.15) is 5.82 Å². The normalized spacial score (nSPS) is 25.2. The van der Waals surface area contributed by atoms with E-state index >= 15 is 0 Å². The number of amides is 1. The average molecular weight is 257 g/mol. The number of benzene rings is 1. The number of nitrogens with two attached hydrogens (primary N) is 1. The summed E-state index contributed by atoms with van der Waals surface area (Å²) in [6.07, 6.45) is 1.05. The van der Waals surface area contributed by atoms with Gasteiger partial charge in [-0.1, -0.05) is 11.6 Å². The molecule has 1 heterocycles. The second-order valence-corrected chi connectivity index (χ2v) is 4.79. The third kappa shape index (κ3) is 2.42. The van der Waals surface area contributed by atoms with Crippen LogP contribution in [0.1, 0.15) is 24.4 Å². The van der Waals surface area contributed by atoms with E-state index in [2.05, 4.69) is 0 Å². The summed E-state index contributed by atoms with van der Waals surface area (Å²) in [6, 6.07) is 3.79. The quantitative estimate of drug-likeness (QED) is 0.836. The molecular formula is C12H14ClFN2O. The summed E-state index contributed by atoms with van der Waals surface area (Å²) in [5, 5.41) is 0.318. The topological polar surface area (TPSA) is 46.3 Å². The molecule has 1 aromatic carbocycles. The number of carbonyl (C=O) groups is 1. The molecule has 2 unspecified atom stereocenters. The van der Waals surface area contributed by atoms with Crippen LogP contribution in [0.25, 0.3) is 0 Å². The Kier molecular flexibility index (Phi) is 3.35. The summed E-state index contributed by atoms with van der Waals surface area (Å²) in [7, 11) is 1.69. The van der Waals surface area contributed by atoms with Gasteiger partial charge in [0.25, 0.3) is 0 Å². The predicted octanol–water partition coefficient (Wildman–Crippen LogP) is 2.10. The van der Waals surface area contributed by atoms with Crippen molar-refractivity contribution in [2.24, 2.45) is 5.73 Å². The van der Waals surface area contributed by atoms with Crippen LogP contribution in [0.5, 0.6) is 0 Å². The number of hydrogen-bond donors (Lipinski definition) is 1. The van der Waals surface area contributed by atoms with Crippen LogP contribution in [0.4, 0.5) is 4.39 Å². The first kappa shape index (κ1) is 12.3. The van der Waals surface area contributed by atoms with E-state index < -0.39 is 5.82 Å². The Balaban J connectivity index is 2.39. The van der Waals surface area contributed by atoms with Crippen LogP contribution in [0.2, 0.25) is 5.02 Å². The Morgan fingerprint density at radius 1 is 1.47 bits per heavy atom. The summed E-state index contributed by atoms with van der Waals surface area (Å²) in [5.74, 6) is -0.386. The van der Waals surface area contributed by atoms with E-state index in [0.29, 0.717) is 23.4 Å². The van der Waals surface area contributed by atoms with Gasteiger partial charge in [-0.25, -0.2) is 4.39 Å². The molecule has 1 fully saturated rings. The summed E-state index contributed by atoms with van der Waals surface area (Å²) < 4.78 is 13.3. The monoisotopic (exact) mass is 256 g/mol. The van der Waals surface area contributed by atoms with Crippen LogP contribution in [-0.2, 0) is 4.79 Å². The Hall–Kier alpha value is -1.13. The third-order valence-corrected chi connectivity index (χ3v) is 3.35. The lowest BCUT2D eigenvalue weighted by Gasteiger charge is -2.37. The molecule has 0 bridgehead atoms. The molecule has 0 radical (unpaired) electrons. The minimum Gasteiger partial charge on any atom is -0.337 e. The molecule has 1 saturated heterocycles. The summed E-state index contributed by atoms with van der Waals surface area (Å²) in [6.45, 7) is 0. The Bertz CT molecular complexity index is 432. The maximum atomic E-state index is 13.3. The molecule has 1 aliphatic heterocycles. The molecule has 0 aromatic heterocycles. The first-order valence-corrected chi connectivity index (χ1v) is 5.84. The number of likely N-dealkylation sites (tertiary alicyclic amines) is 1. The first-order valence-electron chi connectivity index (χ1n) is 5.46. The maximum Gasteiger partial charge on any atom is 0.222 e. The lowest BCUT2D eigenvalue weighted by Crippen LogP contribution is -2.46.